The van der Waals surface area contributed by atoms with Crippen molar-refractivity contribution in [2.45, 2.75) is 35.3 Å². The highest BCUT2D eigenvalue weighted by Gasteiger charge is 2.35. The Bertz CT molecular complexity index is 660. The molecule has 0 saturated heterocycles. The summed E-state index contributed by atoms with van der Waals surface area (Å²) in [6.45, 7) is 0.805. The van der Waals surface area contributed by atoms with E-state index in [9.17, 15) is 0 Å². The van der Waals surface area contributed by atoms with Gasteiger partial charge in [-0.05, 0) is 25.0 Å². The third-order valence-electron chi connectivity index (χ3n) is 3.97. The van der Waals surface area contributed by atoms with Gasteiger partial charge in [0.05, 0.1) is 0 Å². The van der Waals surface area contributed by atoms with Crippen LogP contribution in [0.2, 0.25) is 0 Å². The topological polar surface area (TPSA) is 61.6 Å². The Morgan fingerprint density at radius 3 is 2.59 bits per heavy atom. The van der Waals surface area contributed by atoms with Gasteiger partial charge in [-0.1, -0.05) is 31.0 Å². The van der Waals surface area contributed by atoms with E-state index in [1.165, 1.54) is 30.6 Å². The molecule has 1 saturated carbocycles. The fraction of sp³-hybridized carbons (Fsp3) is 0.353. The molecule has 4 nitrogen and oxygen atoms in total. The van der Waals surface area contributed by atoms with Crippen molar-refractivity contribution < 1.29 is 0 Å². The summed E-state index contributed by atoms with van der Waals surface area (Å²) in [6, 6.07) is 12.6. The van der Waals surface area contributed by atoms with E-state index < -0.39 is 0 Å². The molecule has 112 valence electrons. The first-order valence-corrected chi connectivity index (χ1v) is 8.32. The van der Waals surface area contributed by atoms with Gasteiger partial charge in [-0.2, -0.15) is 5.26 Å². The van der Waals surface area contributed by atoms with Crippen LogP contribution in [0.3, 0.4) is 0 Å². The van der Waals surface area contributed by atoms with Gasteiger partial charge in [-0.3, -0.25) is 0 Å². The molecule has 1 aliphatic rings. The van der Waals surface area contributed by atoms with Crippen LogP contribution in [-0.2, 0) is 0 Å². The third-order valence-corrected chi connectivity index (χ3v) is 5.47. The van der Waals surface area contributed by atoms with Gasteiger partial charge in [-0.15, -0.1) is 11.8 Å². The number of rotatable bonds is 5. The Morgan fingerprint density at radius 2 is 1.86 bits per heavy atom. The summed E-state index contributed by atoms with van der Waals surface area (Å²) >= 11 is 1.94. The van der Waals surface area contributed by atoms with Crippen LogP contribution in [0.1, 0.15) is 31.4 Å². The van der Waals surface area contributed by atoms with E-state index in [1.54, 1.807) is 12.4 Å². The van der Waals surface area contributed by atoms with Gasteiger partial charge in [0.15, 0.2) is 11.5 Å². The molecule has 1 aromatic heterocycles. The molecule has 22 heavy (non-hydrogen) atoms. The van der Waals surface area contributed by atoms with Gasteiger partial charge < -0.3 is 5.32 Å². The predicted molar refractivity (Wildman–Crippen MR) is 88.7 cm³/mol. The maximum atomic E-state index is 9.11. The molecule has 3 rings (SSSR count). The number of aromatic nitrogens is 2. The zero-order valence-electron chi connectivity index (χ0n) is 12.3. The van der Waals surface area contributed by atoms with Crippen molar-refractivity contribution in [3.05, 3.63) is 48.4 Å². The molecule has 0 unspecified atom stereocenters. The van der Waals surface area contributed by atoms with E-state index >= 15 is 0 Å². The van der Waals surface area contributed by atoms with Crippen molar-refractivity contribution in [2.75, 3.05) is 11.9 Å². The number of thioether (sulfide) groups is 1. The number of nitriles is 1. The molecule has 0 radical (unpaired) electrons. The largest absolute Gasteiger partial charge is 0.366 e. The first-order valence-electron chi connectivity index (χ1n) is 7.50. The van der Waals surface area contributed by atoms with E-state index in [0.29, 0.717) is 11.5 Å². The predicted octanol–water partition coefficient (Wildman–Crippen LogP) is 3.87. The maximum Gasteiger partial charge on any atom is 0.182 e. The molecule has 0 bridgehead atoms. The lowest BCUT2D eigenvalue weighted by Crippen LogP contribution is -2.30. The standard InChI is InChI=1S/C17H18N4S/c18-12-15-16(20-11-10-19-15)21-13-17(8-4-5-9-17)22-14-6-2-1-3-7-14/h1-3,6-7,10-11H,4-5,8-9,13H2,(H,20,21). The summed E-state index contributed by atoms with van der Waals surface area (Å²) in [5, 5.41) is 12.5. The Labute approximate surface area is 135 Å². The molecule has 1 heterocycles. The lowest BCUT2D eigenvalue weighted by Gasteiger charge is -2.29. The first kappa shape index (κ1) is 14.9. The minimum Gasteiger partial charge on any atom is -0.366 e. The second-order valence-corrected chi connectivity index (χ2v) is 7.07. The van der Waals surface area contributed by atoms with E-state index in [-0.39, 0.29) is 4.75 Å². The summed E-state index contributed by atoms with van der Waals surface area (Å²) in [4.78, 5) is 9.60. The number of nitrogens with one attached hydrogen (secondary N) is 1. The molecule has 0 aliphatic heterocycles. The normalized spacial score (nSPS) is 16.1. The summed E-state index contributed by atoms with van der Waals surface area (Å²) in [6.07, 6.45) is 8.05. The monoisotopic (exact) mass is 310 g/mol. The summed E-state index contributed by atoms with van der Waals surface area (Å²) in [5.74, 6) is 0.588. The third kappa shape index (κ3) is 3.40. The average molecular weight is 310 g/mol. The van der Waals surface area contributed by atoms with Crippen LogP contribution in [-0.4, -0.2) is 21.3 Å². The first-order chi connectivity index (χ1) is 10.8. The van der Waals surface area contributed by atoms with Crippen molar-refractivity contribution in [3.8, 4) is 6.07 Å². The number of nitrogens with zero attached hydrogens (tertiary/aromatic N) is 3. The van der Waals surface area contributed by atoms with E-state index in [1.807, 2.05) is 17.8 Å². The van der Waals surface area contributed by atoms with Crippen LogP contribution in [0.5, 0.6) is 0 Å². The second kappa shape index (κ2) is 6.80. The number of hydrogen-bond donors (Lipinski definition) is 1. The minimum atomic E-state index is 0.172. The van der Waals surface area contributed by atoms with Gasteiger partial charge in [-0.25, -0.2) is 9.97 Å². The smallest absolute Gasteiger partial charge is 0.182 e. The van der Waals surface area contributed by atoms with E-state index in [2.05, 4.69) is 45.6 Å². The Morgan fingerprint density at radius 1 is 1.14 bits per heavy atom. The second-order valence-electron chi connectivity index (χ2n) is 5.52. The van der Waals surface area contributed by atoms with Crippen LogP contribution in [0, 0.1) is 11.3 Å². The minimum absolute atomic E-state index is 0.172. The van der Waals surface area contributed by atoms with Gasteiger partial charge in [0, 0.05) is 28.6 Å². The molecular weight excluding hydrogens is 292 g/mol. The fourth-order valence-corrected chi connectivity index (χ4v) is 4.30. The molecule has 5 heteroatoms. The number of benzene rings is 1. The van der Waals surface area contributed by atoms with E-state index in [4.69, 9.17) is 5.26 Å². The zero-order chi connectivity index (χ0) is 15.3. The van der Waals surface area contributed by atoms with Crippen LogP contribution in [0.15, 0.2) is 47.6 Å². The maximum absolute atomic E-state index is 9.11. The average Bonchev–Trinajstić information content (AvgIpc) is 3.03. The van der Waals surface area contributed by atoms with Crippen molar-refractivity contribution in [1.82, 2.24) is 9.97 Å². The molecule has 1 aliphatic carbocycles. The van der Waals surface area contributed by atoms with E-state index in [0.717, 1.165) is 6.54 Å². The SMILES string of the molecule is N#Cc1nccnc1NCC1(Sc2ccccc2)CCCC1. The molecule has 1 N–H and O–H groups in total. The van der Waals surface area contributed by atoms with Crippen LogP contribution >= 0.6 is 11.8 Å². The summed E-state index contributed by atoms with van der Waals surface area (Å²) < 4.78 is 0.172. The highest BCUT2D eigenvalue weighted by molar-refractivity contribution is 8.00. The van der Waals surface area contributed by atoms with Gasteiger partial charge in [0.1, 0.15) is 6.07 Å². The van der Waals surface area contributed by atoms with Crippen molar-refractivity contribution >= 4 is 17.6 Å². The van der Waals surface area contributed by atoms with Gasteiger partial charge >= 0.3 is 0 Å². The van der Waals surface area contributed by atoms with Crippen LogP contribution < -0.4 is 5.32 Å². The summed E-state index contributed by atoms with van der Waals surface area (Å²) in [5.41, 5.74) is 0.361. The molecule has 1 aromatic carbocycles. The highest BCUT2D eigenvalue weighted by atomic mass is 32.2. The Kier molecular flexibility index (Phi) is 4.59. The van der Waals surface area contributed by atoms with Crippen LogP contribution in [0.4, 0.5) is 5.82 Å². The molecule has 1 fully saturated rings. The van der Waals surface area contributed by atoms with Gasteiger partial charge in [0.25, 0.3) is 0 Å². The number of anilines is 1. The Hall–Kier alpha value is -2.06. The fourth-order valence-electron chi connectivity index (χ4n) is 2.87. The lowest BCUT2D eigenvalue weighted by atomic mass is 10.1. The molecule has 2 aromatic rings. The molecule has 0 spiro atoms. The summed E-state index contributed by atoms with van der Waals surface area (Å²) in [7, 11) is 0. The molecule has 0 amide bonds. The van der Waals surface area contributed by atoms with Crippen molar-refractivity contribution in [2.24, 2.45) is 0 Å². The quantitative estimate of drug-likeness (QED) is 0.908. The molecular formula is C17H18N4S. The highest BCUT2D eigenvalue weighted by Crippen LogP contribution is 2.45. The van der Waals surface area contributed by atoms with Gasteiger partial charge in [0.2, 0.25) is 0 Å². The lowest BCUT2D eigenvalue weighted by molar-refractivity contribution is 0.636. The zero-order valence-corrected chi connectivity index (χ0v) is 13.1. The number of hydrogen-bond acceptors (Lipinski definition) is 5. The van der Waals surface area contributed by atoms with Crippen molar-refractivity contribution in [3.63, 3.8) is 0 Å². The molecule has 0 atom stereocenters. The Balaban J connectivity index is 1.73. The van der Waals surface area contributed by atoms with Crippen LogP contribution in [0.25, 0.3) is 0 Å². The van der Waals surface area contributed by atoms with Crippen molar-refractivity contribution in [1.29, 1.82) is 5.26 Å².